The lowest BCUT2D eigenvalue weighted by atomic mass is 10.0. The van der Waals surface area contributed by atoms with Crippen LogP contribution in [0.15, 0.2) is 12.1 Å². The van der Waals surface area contributed by atoms with E-state index in [2.05, 4.69) is 31.4 Å². The normalized spacial score (nSPS) is 12.2. The zero-order valence-electron chi connectivity index (χ0n) is 12.0. The van der Waals surface area contributed by atoms with E-state index >= 15 is 0 Å². The Bertz CT molecular complexity index is 463. The molecule has 0 amide bonds. The number of halogens is 2. The molecule has 5 heteroatoms. The number of hydrogen-bond acceptors (Lipinski definition) is 2. The maximum Gasteiger partial charge on any atom is 0.182 e. The third-order valence-corrected chi connectivity index (χ3v) is 3.47. The second kappa shape index (κ2) is 8.15. The van der Waals surface area contributed by atoms with Crippen LogP contribution in [0.3, 0.4) is 0 Å². The first-order valence-corrected chi connectivity index (χ1v) is 7.46. The maximum atomic E-state index is 14.0. The molecule has 1 atom stereocenters. The van der Waals surface area contributed by atoms with Crippen molar-refractivity contribution in [2.45, 2.75) is 52.0 Å². The summed E-state index contributed by atoms with van der Waals surface area (Å²) in [4.78, 5) is -0.135. The zero-order chi connectivity index (χ0) is 15.1. The lowest BCUT2D eigenvalue weighted by Gasteiger charge is -2.20. The Kier molecular flexibility index (Phi) is 6.85. The van der Waals surface area contributed by atoms with Gasteiger partial charge in [0.25, 0.3) is 0 Å². The highest BCUT2D eigenvalue weighted by atomic mass is 32.1. The number of benzene rings is 1. The standard InChI is InChI=1S/C15H22F2N2S/c1-3-5-7-10(6-4-2)19-12-9-8-11(15(18)20)13(16)14(12)17/h8-10,19H,3-7H2,1-2H3,(H2,18,20). The van der Waals surface area contributed by atoms with Crippen LogP contribution in [0.4, 0.5) is 14.5 Å². The quantitative estimate of drug-likeness (QED) is 0.700. The van der Waals surface area contributed by atoms with E-state index in [1.807, 2.05) is 0 Å². The predicted molar refractivity (Wildman–Crippen MR) is 84.1 cm³/mol. The third kappa shape index (κ3) is 4.40. The first-order valence-electron chi connectivity index (χ1n) is 7.05. The first kappa shape index (κ1) is 16.8. The molecule has 1 aromatic carbocycles. The molecule has 1 rings (SSSR count). The largest absolute Gasteiger partial charge is 0.389 e. The lowest BCUT2D eigenvalue weighted by molar-refractivity contribution is 0.503. The van der Waals surface area contributed by atoms with Gasteiger partial charge >= 0.3 is 0 Å². The molecule has 0 aliphatic heterocycles. The van der Waals surface area contributed by atoms with E-state index in [0.717, 1.165) is 32.1 Å². The van der Waals surface area contributed by atoms with Crippen LogP contribution in [-0.2, 0) is 0 Å². The van der Waals surface area contributed by atoms with Crippen LogP contribution in [0.25, 0.3) is 0 Å². The minimum absolute atomic E-state index is 0.0522. The molecular weight excluding hydrogens is 278 g/mol. The van der Waals surface area contributed by atoms with E-state index in [1.54, 1.807) is 0 Å². The van der Waals surface area contributed by atoms with Crippen molar-refractivity contribution in [2.24, 2.45) is 5.73 Å². The highest BCUT2D eigenvalue weighted by Gasteiger charge is 2.17. The molecule has 0 radical (unpaired) electrons. The fourth-order valence-electron chi connectivity index (χ4n) is 2.16. The summed E-state index contributed by atoms with van der Waals surface area (Å²) in [5.74, 6) is -1.89. The van der Waals surface area contributed by atoms with Crippen molar-refractivity contribution in [3.05, 3.63) is 29.3 Å². The molecule has 0 fully saturated rings. The van der Waals surface area contributed by atoms with Gasteiger partial charge in [0.05, 0.1) is 5.69 Å². The minimum Gasteiger partial charge on any atom is -0.389 e. The Morgan fingerprint density at radius 2 is 1.90 bits per heavy atom. The van der Waals surface area contributed by atoms with Gasteiger partial charge in [-0.3, -0.25) is 0 Å². The highest BCUT2D eigenvalue weighted by molar-refractivity contribution is 7.80. The average molecular weight is 300 g/mol. The van der Waals surface area contributed by atoms with Crippen molar-refractivity contribution >= 4 is 22.9 Å². The molecule has 0 heterocycles. The summed E-state index contributed by atoms with van der Waals surface area (Å²) in [5.41, 5.74) is 5.48. The third-order valence-electron chi connectivity index (χ3n) is 3.25. The van der Waals surface area contributed by atoms with Gasteiger partial charge < -0.3 is 11.1 Å². The Morgan fingerprint density at radius 1 is 1.20 bits per heavy atom. The molecule has 1 unspecified atom stereocenters. The van der Waals surface area contributed by atoms with Gasteiger partial charge in [-0.25, -0.2) is 8.78 Å². The monoisotopic (exact) mass is 300 g/mol. The van der Waals surface area contributed by atoms with Crippen LogP contribution < -0.4 is 11.1 Å². The van der Waals surface area contributed by atoms with E-state index < -0.39 is 11.6 Å². The van der Waals surface area contributed by atoms with Crippen molar-refractivity contribution in [3.8, 4) is 0 Å². The van der Waals surface area contributed by atoms with Crippen molar-refractivity contribution in [1.82, 2.24) is 0 Å². The molecule has 20 heavy (non-hydrogen) atoms. The van der Waals surface area contributed by atoms with Crippen LogP contribution in [0, 0.1) is 11.6 Å². The smallest absolute Gasteiger partial charge is 0.182 e. The molecule has 0 bridgehead atoms. The summed E-state index contributed by atoms with van der Waals surface area (Å²) >= 11 is 4.69. The number of hydrogen-bond donors (Lipinski definition) is 2. The molecule has 0 saturated carbocycles. The number of nitrogens with one attached hydrogen (secondary N) is 1. The summed E-state index contributed by atoms with van der Waals surface area (Å²) < 4.78 is 27.8. The molecule has 3 N–H and O–H groups in total. The van der Waals surface area contributed by atoms with Gasteiger partial charge in [0.2, 0.25) is 0 Å². The summed E-state index contributed by atoms with van der Waals surface area (Å²) in [7, 11) is 0. The molecule has 2 nitrogen and oxygen atoms in total. The molecular formula is C15H22F2N2S. The fraction of sp³-hybridized carbons (Fsp3) is 0.533. The van der Waals surface area contributed by atoms with Gasteiger partial charge in [0.1, 0.15) is 4.99 Å². The molecule has 112 valence electrons. The van der Waals surface area contributed by atoms with Gasteiger partial charge in [-0.05, 0) is 25.0 Å². The summed E-state index contributed by atoms with van der Waals surface area (Å²) in [6.45, 7) is 4.19. The van der Waals surface area contributed by atoms with E-state index in [-0.39, 0.29) is 22.3 Å². The van der Waals surface area contributed by atoms with Crippen molar-refractivity contribution in [1.29, 1.82) is 0 Å². The summed E-state index contributed by atoms with van der Waals surface area (Å²) in [5, 5.41) is 3.09. The topological polar surface area (TPSA) is 38.0 Å². The predicted octanol–water partition coefficient (Wildman–Crippen LogP) is 4.37. The summed E-state index contributed by atoms with van der Waals surface area (Å²) in [6, 6.07) is 3.08. The number of nitrogens with two attached hydrogens (primary N) is 1. The van der Waals surface area contributed by atoms with Crippen LogP contribution in [0.5, 0.6) is 0 Å². The highest BCUT2D eigenvalue weighted by Crippen LogP contribution is 2.23. The van der Waals surface area contributed by atoms with Crippen LogP contribution in [-0.4, -0.2) is 11.0 Å². The van der Waals surface area contributed by atoms with Crippen LogP contribution in [0.1, 0.15) is 51.5 Å². The fourth-order valence-corrected chi connectivity index (χ4v) is 2.32. The Hall–Kier alpha value is -1.23. The van der Waals surface area contributed by atoms with E-state index in [1.165, 1.54) is 12.1 Å². The van der Waals surface area contributed by atoms with E-state index in [0.29, 0.717) is 0 Å². The van der Waals surface area contributed by atoms with Gasteiger partial charge in [-0.2, -0.15) is 0 Å². The second-order valence-electron chi connectivity index (χ2n) is 4.93. The van der Waals surface area contributed by atoms with Gasteiger partial charge in [0.15, 0.2) is 11.6 Å². The van der Waals surface area contributed by atoms with Gasteiger partial charge in [-0.1, -0.05) is 45.3 Å². The molecule has 0 aromatic heterocycles. The van der Waals surface area contributed by atoms with Gasteiger partial charge in [0, 0.05) is 11.6 Å². The average Bonchev–Trinajstić information content (AvgIpc) is 2.41. The van der Waals surface area contributed by atoms with Crippen LogP contribution in [0.2, 0.25) is 0 Å². The van der Waals surface area contributed by atoms with Crippen molar-refractivity contribution in [2.75, 3.05) is 5.32 Å². The molecule has 0 aliphatic rings. The van der Waals surface area contributed by atoms with Crippen LogP contribution >= 0.6 is 12.2 Å². The van der Waals surface area contributed by atoms with Gasteiger partial charge in [-0.15, -0.1) is 0 Å². The summed E-state index contributed by atoms with van der Waals surface area (Å²) in [6.07, 6.45) is 5.02. The number of thiocarbonyl (C=S) groups is 1. The maximum absolute atomic E-state index is 14.0. The zero-order valence-corrected chi connectivity index (χ0v) is 12.8. The number of unbranched alkanes of at least 4 members (excludes halogenated alkanes) is 1. The van der Waals surface area contributed by atoms with E-state index in [4.69, 9.17) is 5.73 Å². The first-order chi connectivity index (χ1) is 9.51. The Balaban J connectivity index is 2.90. The van der Waals surface area contributed by atoms with Crippen molar-refractivity contribution < 1.29 is 8.78 Å². The van der Waals surface area contributed by atoms with E-state index in [9.17, 15) is 8.78 Å². The van der Waals surface area contributed by atoms with Crippen molar-refractivity contribution in [3.63, 3.8) is 0 Å². The molecule has 1 aromatic rings. The Labute approximate surface area is 124 Å². The number of anilines is 1. The number of rotatable bonds is 8. The minimum atomic E-state index is -0.978. The second-order valence-corrected chi connectivity index (χ2v) is 5.36. The lowest BCUT2D eigenvalue weighted by Crippen LogP contribution is -2.21. The SMILES string of the molecule is CCCCC(CCC)Nc1ccc(C(N)=S)c(F)c1F. The molecule has 0 aliphatic carbocycles. The molecule has 0 spiro atoms. The molecule has 0 saturated heterocycles. The Morgan fingerprint density at radius 3 is 2.45 bits per heavy atom.